The summed E-state index contributed by atoms with van der Waals surface area (Å²) in [5.74, 6) is 0.378. The molecular weight excluding hydrogens is 434 g/mol. The van der Waals surface area contributed by atoms with Crippen LogP contribution in [0.15, 0.2) is 45.4 Å². The van der Waals surface area contributed by atoms with Gasteiger partial charge in [0.1, 0.15) is 11.4 Å². The van der Waals surface area contributed by atoms with E-state index in [1.165, 1.54) is 0 Å². The molecule has 29 heavy (non-hydrogen) atoms. The van der Waals surface area contributed by atoms with Crippen molar-refractivity contribution in [2.45, 2.75) is 26.7 Å². The molecule has 0 spiro atoms. The van der Waals surface area contributed by atoms with Crippen molar-refractivity contribution in [2.24, 2.45) is 5.92 Å². The number of amides is 2. The fourth-order valence-corrected chi connectivity index (χ4v) is 4.11. The van der Waals surface area contributed by atoms with Crippen LogP contribution in [0.1, 0.15) is 34.5 Å². The number of hydrogen-bond acceptors (Lipinski definition) is 4. The molecular formula is C22H22BrN3O3. The minimum absolute atomic E-state index is 0.102. The van der Waals surface area contributed by atoms with Gasteiger partial charge in [-0.05, 0) is 56.5 Å². The van der Waals surface area contributed by atoms with Crippen LogP contribution in [0.5, 0.6) is 0 Å². The minimum atomic E-state index is -0.270. The van der Waals surface area contributed by atoms with Crippen LogP contribution < -0.4 is 5.32 Å². The summed E-state index contributed by atoms with van der Waals surface area (Å²) in [5, 5.41) is 3.82. The highest BCUT2D eigenvalue weighted by atomic mass is 79.9. The molecule has 1 atom stereocenters. The summed E-state index contributed by atoms with van der Waals surface area (Å²) >= 11 is 3.46. The quantitative estimate of drug-likeness (QED) is 0.620. The standard InChI is InChI=1S/C22H22BrN3O3/c1-13-5-3-9-24-20(13)25-21(27)15-6-4-10-26(12-15)22(28)19-14(2)17-11-16(23)7-8-18(17)29-19/h3,5,7-9,11,15H,4,6,10,12H2,1-2H3,(H,24,25,27). The van der Waals surface area contributed by atoms with Crippen LogP contribution in [0.3, 0.4) is 0 Å². The summed E-state index contributed by atoms with van der Waals surface area (Å²) in [4.78, 5) is 31.8. The first-order valence-corrected chi connectivity index (χ1v) is 10.4. The number of carbonyl (C=O) groups is 2. The average molecular weight is 456 g/mol. The van der Waals surface area contributed by atoms with Crippen molar-refractivity contribution in [3.05, 3.63) is 57.9 Å². The highest BCUT2D eigenvalue weighted by Crippen LogP contribution is 2.30. The molecule has 0 radical (unpaired) electrons. The molecule has 2 amide bonds. The van der Waals surface area contributed by atoms with Crippen LogP contribution in [0.4, 0.5) is 5.82 Å². The van der Waals surface area contributed by atoms with Gasteiger partial charge in [-0.15, -0.1) is 0 Å². The Morgan fingerprint density at radius 2 is 2.10 bits per heavy atom. The van der Waals surface area contributed by atoms with Gasteiger partial charge in [0.15, 0.2) is 5.76 Å². The Bertz CT molecular complexity index is 1090. The van der Waals surface area contributed by atoms with Crippen molar-refractivity contribution in [1.82, 2.24) is 9.88 Å². The van der Waals surface area contributed by atoms with Gasteiger partial charge >= 0.3 is 0 Å². The number of furan rings is 1. The predicted octanol–water partition coefficient (Wildman–Crippen LogP) is 4.70. The van der Waals surface area contributed by atoms with E-state index in [9.17, 15) is 9.59 Å². The van der Waals surface area contributed by atoms with Gasteiger partial charge in [-0.3, -0.25) is 9.59 Å². The Morgan fingerprint density at radius 3 is 2.90 bits per heavy atom. The van der Waals surface area contributed by atoms with Crippen LogP contribution >= 0.6 is 15.9 Å². The van der Waals surface area contributed by atoms with E-state index in [2.05, 4.69) is 26.2 Å². The SMILES string of the molecule is Cc1cccnc1NC(=O)C1CCCN(C(=O)c2oc3ccc(Br)cc3c2C)C1. The van der Waals surface area contributed by atoms with Crippen molar-refractivity contribution in [2.75, 3.05) is 18.4 Å². The van der Waals surface area contributed by atoms with E-state index in [4.69, 9.17) is 4.42 Å². The third-order valence-electron chi connectivity index (χ3n) is 5.42. The number of pyridine rings is 1. The molecule has 1 aliphatic rings. The van der Waals surface area contributed by atoms with E-state index >= 15 is 0 Å². The van der Waals surface area contributed by atoms with Crippen LogP contribution in [-0.2, 0) is 4.79 Å². The second-order valence-electron chi connectivity index (χ2n) is 7.45. The van der Waals surface area contributed by atoms with Crippen molar-refractivity contribution in [1.29, 1.82) is 0 Å². The van der Waals surface area contributed by atoms with Crippen LogP contribution in [0.2, 0.25) is 0 Å². The molecule has 0 aliphatic carbocycles. The number of aromatic nitrogens is 1. The summed E-state index contributed by atoms with van der Waals surface area (Å²) in [6.07, 6.45) is 3.17. The summed E-state index contributed by atoms with van der Waals surface area (Å²) in [7, 11) is 0. The largest absolute Gasteiger partial charge is 0.451 e. The maximum absolute atomic E-state index is 13.1. The van der Waals surface area contributed by atoms with Gasteiger partial charge in [0.05, 0.1) is 5.92 Å². The number of rotatable bonds is 3. The zero-order valence-electron chi connectivity index (χ0n) is 16.4. The maximum Gasteiger partial charge on any atom is 0.289 e. The van der Waals surface area contributed by atoms with Crippen LogP contribution in [0, 0.1) is 19.8 Å². The molecule has 3 heterocycles. The zero-order valence-corrected chi connectivity index (χ0v) is 18.0. The summed E-state index contributed by atoms with van der Waals surface area (Å²) < 4.78 is 6.79. The highest BCUT2D eigenvalue weighted by Gasteiger charge is 2.31. The normalized spacial score (nSPS) is 16.8. The van der Waals surface area contributed by atoms with Crippen molar-refractivity contribution < 1.29 is 14.0 Å². The Hall–Kier alpha value is -2.67. The Balaban J connectivity index is 1.51. The summed E-state index contributed by atoms with van der Waals surface area (Å²) in [6.45, 7) is 4.79. The Labute approximate surface area is 177 Å². The molecule has 1 unspecified atom stereocenters. The third-order valence-corrected chi connectivity index (χ3v) is 5.92. The molecule has 1 fully saturated rings. The van der Waals surface area contributed by atoms with Gasteiger partial charge in [-0.2, -0.15) is 0 Å². The molecule has 2 aromatic heterocycles. The van der Waals surface area contributed by atoms with E-state index in [1.54, 1.807) is 11.1 Å². The lowest BCUT2D eigenvalue weighted by Crippen LogP contribution is -2.44. The molecule has 1 N–H and O–H groups in total. The summed E-state index contributed by atoms with van der Waals surface area (Å²) in [6, 6.07) is 9.43. The fourth-order valence-electron chi connectivity index (χ4n) is 3.75. The number of anilines is 1. The van der Waals surface area contributed by atoms with E-state index in [1.807, 2.05) is 44.2 Å². The number of piperidine rings is 1. The van der Waals surface area contributed by atoms with Gasteiger partial charge in [0.25, 0.3) is 5.91 Å². The first kappa shape index (κ1) is 19.6. The van der Waals surface area contributed by atoms with E-state index in [0.717, 1.165) is 33.8 Å². The first-order chi connectivity index (χ1) is 13.9. The molecule has 0 bridgehead atoms. The van der Waals surface area contributed by atoms with E-state index in [-0.39, 0.29) is 17.7 Å². The van der Waals surface area contributed by atoms with Crippen molar-refractivity contribution in [3.63, 3.8) is 0 Å². The molecule has 4 rings (SSSR count). The maximum atomic E-state index is 13.1. The average Bonchev–Trinajstić information content (AvgIpc) is 3.05. The lowest BCUT2D eigenvalue weighted by Gasteiger charge is -2.31. The first-order valence-electron chi connectivity index (χ1n) is 9.64. The number of likely N-dealkylation sites (tertiary alicyclic amines) is 1. The van der Waals surface area contributed by atoms with Gasteiger partial charge in [-0.25, -0.2) is 4.98 Å². The van der Waals surface area contributed by atoms with Gasteiger partial charge in [0.2, 0.25) is 5.91 Å². The Morgan fingerprint density at radius 1 is 1.28 bits per heavy atom. The molecule has 1 aliphatic heterocycles. The van der Waals surface area contributed by atoms with Crippen molar-refractivity contribution >= 4 is 44.5 Å². The number of fused-ring (bicyclic) bond motifs is 1. The van der Waals surface area contributed by atoms with Gasteiger partial charge in [-0.1, -0.05) is 22.0 Å². The molecule has 6 nitrogen and oxygen atoms in total. The topological polar surface area (TPSA) is 75.4 Å². The predicted molar refractivity (Wildman–Crippen MR) is 115 cm³/mol. The lowest BCUT2D eigenvalue weighted by molar-refractivity contribution is -0.121. The molecule has 0 saturated carbocycles. The number of aryl methyl sites for hydroxylation is 2. The second-order valence-corrected chi connectivity index (χ2v) is 8.36. The zero-order chi connectivity index (χ0) is 20.5. The molecule has 1 saturated heterocycles. The number of benzene rings is 1. The number of carbonyl (C=O) groups excluding carboxylic acids is 2. The summed E-state index contributed by atoms with van der Waals surface area (Å²) in [5.41, 5.74) is 2.42. The second kappa shape index (κ2) is 7.99. The van der Waals surface area contributed by atoms with E-state index in [0.29, 0.717) is 30.3 Å². The monoisotopic (exact) mass is 455 g/mol. The number of hydrogen-bond donors (Lipinski definition) is 1. The number of nitrogens with one attached hydrogen (secondary N) is 1. The third kappa shape index (κ3) is 3.92. The van der Waals surface area contributed by atoms with E-state index < -0.39 is 0 Å². The highest BCUT2D eigenvalue weighted by molar-refractivity contribution is 9.10. The van der Waals surface area contributed by atoms with Crippen molar-refractivity contribution in [3.8, 4) is 0 Å². The van der Waals surface area contributed by atoms with Gasteiger partial charge < -0.3 is 14.6 Å². The molecule has 1 aromatic carbocycles. The number of nitrogens with zero attached hydrogens (tertiary/aromatic N) is 2. The minimum Gasteiger partial charge on any atom is -0.451 e. The van der Waals surface area contributed by atoms with Gasteiger partial charge in [0, 0.05) is 34.7 Å². The Kier molecular flexibility index (Phi) is 5.41. The molecule has 7 heteroatoms. The fraction of sp³-hybridized carbons (Fsp3) is 0.318. The molecule has 3 aromatic rings. The van der Waals surface area contributed by atoms with Crippen LogP contribution in [-0.4, -0.2) is 34.8 Å². The number of halogens is 1. The smallest absolute Gasteiger partial charge is 0.289 e. The lowest BCUT2D eigenvalue weighted by atomic mass is 9.96. The molecule has 150 valence electrons. The van der Waals surface area contributed by atoms with Crippen LogP contribution in [0.25, 0.3) is 11.0 Å².